The molecule has 0 aromatic carbocycles. The summed E-state index contributed by atoms with van der Waals surface area (Å²) in [6.07, 6.45) is 1.23. The van der Waals surface area contributed by atoms with E-state index >= 15 is 0 Å². The average Bonchev–Trinajstić information content (AvgIpc) is 2.80. The normalized spacial score (nSPS) is 19.9. The zero-order valence-corrected chi connectivity index (χ0v) is 9.61. The van der Waals surface area contributed by atoms with Gasteiger partial charge in [-0.1, -0.05) is 6.07 Å². The quantitative estimate of drug-likeness (QED) is 0.825. The van der Waals surface area contributed by atoms with E-state index in [-0.39, 0.29) is 6.10 Å². The summed E-state index contributed by atoms with van der Waals surface area (Å²) in [4.78, 5) is 4.45. The minimum absolute atomic E-state index is 0.240. The second-order valence-corrected chi connectivity index (χ2v) is 3.84. The third kappa shape index (κ3) is 3.18. The van der Waals surface area contributed by atoms with E-state index in [2.05, 4.69) is 17.2 Å². The Balaban J connectivity index is 1.85. The van der Waals surface area contributed by atoms with Gasteiger partial charge in [-0.25, -0.2) is 4.98 Å². The predicted octanol–water partition coefficient (Wildman–Crippen LogP) is 1.82. The van der Waals surface area contributed by atoms with Crippen molar-refractivity contribution in [1.29, 1.82) is 0 Å². The Kier molecular flexibility index (Phi) is 4.13. The first-order valence-corrected chi connectivity index (χ1v) is 5.77. The number of aromatic nitrogens is 1. The van der Waals surface area contributed by atoms with E-state index in [1.807, 2.05) is 18.2 Å². The summed E-state index contributed by atoms with van der Waals surface area (Å²) >= 11 is 0. The molecule has 1 aromatic rings. The number of hydrogen-bond donors (Lipinski definition) is 1. The summed E-state index contributed by atoms with van der Waals surface area (Å²) in [6, 6.07) is 5.94. The topological polar surface area (TPSA) is 43.4 Å². The molecule has 0 aliphatic carbocycles. The SMILES string of the molecule is CCNc1cccc(COC2CCOC2)n1. The van der Waals surface area contributed by atoms with E-state index in [0.717, 1.165) is 31.1 Å². The molecule has 1 atom stereocenters. The minimum Gasteiger partial charge on any atom is -0.379 e. The zero-order valence-electron chi connectivity index (χ0n) is 9.61. The van der Waals surface area contributed by atoms with Crippen LogP contribution in [0.15, 0.2) is 18.2 Å². The van der Waals surface area contributed by atoms with E-state index in [1.165, 1.54) is 0 Å². The predicted molar refractivity (Wildman–Crippen MR) is 62.4 cm³/mol. The van der Waals surface area contributed by atoms with E-state index in [9.17, 15) is 0 Å². The van der Waals surface area contributed by atoms with Crippen molar-refractivity contribution in [2.45, 2.75) is 26.1 Å². The Morgan fingerprint density at radius 3 is 3.25 bits per heavy atom. The van der Waals surface area contributed by atoms with Gasteiger partial charge in [-0.15, -0.1) is 0 Å². The first kappa shape index (κ1) is 11.4. The first-order valence-electron chi connectivity index (χ1n) is 5.77. The molecule has 1 unspecified atom stereocenters. The van der Waals surface area contributed by atoms with Crippen LogP contribution in [0.5, 0.6) is 0 Å². The van der Waals surface area contributed by atoms with Gasteiger partial charge in [0, 0.05) is 13.2 Å². The summed E-state index contributed by atoms with van der Waals surface area (Å²) in [5.41, 5.74) is 0.963. The van der Waals surface area contributed by atoms with Crippen molar-refractivity contribution in [3.63, 3.8) is 0 Å². The van der Waals surface area contributed by atoms with Crippen molar-refractivity contribution in [3.05, 3.63) is 23.9 Å². The standard InChI is InChI=1S/C12H18N2O2/c1-2-13-12-5-3-4-10(14-12)8-16-11-6-7-15-9-11/h3-5,11H,2,6-9H2,1H3,(H,13,14). The van der Waals surface area contributed by atoms with Gasteiger partial charge in [-0.2, -0.15) is 0 Å². The summed E-state index contributed by atoms with van der Waals surface area (Å²) in [5.74, 6) is 0.909. The van der Waals surface area contributed by atoms with Crippen molar-refractivity contribution in [3.8, 4) is 0 Å². The number of rotatable bonds is 5. The largest absolute Gasteiger partial charge is 0.379 e. The van der Waals surface area contributed by atoms with Gasteiger partial charge >= 0.3 is 0 Å². The monoisotopic (exact) mass is 222 g/mol. The minimum atomic E-state index is 0.240. The molecule has 88 valence electrons. The number of anilines is 1. The molecule has 2 heterocycles. The van der Waals surface area contributed by atoms with Gasteiger partial charge in [0.25, 0.3) is 0 Å². The maximum absolute atomic E-state index is 5.71. The van der Waals surface area contributed by atoms with Crippen LogP contribution in [0.4, 0.5) is 5.82 Å². The highest BCUT2D eigenvalue weighted by Gasteiger charge is 2.15. The Morgan fingerprint density at radius 2 is 2.50 bits per heavy atom. The molecule has 1 fully saturated rings. The zero-order chi connectivity index (χ0) is 11.2. The Morgan fingerprint density at radius 1 is 1.56 bits per heavy atom. The number of pyridine rings is 1. The highest BCUT2D eigenvalue weighted by atomic mass is 16.5. The van der Waals surface area contributed by atoms with Crippen molar-refractivity contribution in [1.82, 2.24) is 4.98 Å². The molecule has 4 heteroatoms. The third-order valence-corrected chi connectivity index (χ3v) is 2.52. The second kappa shape index (κ2) is 5.82. The van der Waals surface area contributed by atoms with Crippen molar-refractivity contribution in [2.24, 2.45) is 0 Å². The molecule has 4 nitrogen and oxygen atoms in total. The van der Waals surface area contributed by atoms with Gasteiger partial charge in [-0.3, -0.25) is 0 Å². The van der Waals surface area contributed by atoms with Gasteiger partial charge in [0.05, 0.1) is 25.0 Å². The Labute approximate surface area is 96.0 Å². The van der Waals surface area contributed by atoms with Crippen LogP contribution in [0.25, 0.3) is 0 Å². The van der Waals surface area contributed by atoms with Gasteiger partial charge < -0.3 is 14.8 Å². The molecule has 1 aliphatic rings. The van der Waals surface area contributed by atoms with Crippen molar-refractivity contribution >= 4 is 5.82 Å². The first-order chi connectivity index (χ1) is 7.88. The highest BCUT2D eigenvalue weighted by Crippen LogP contribution is 2.11. The van der Waals surface area contributed by atoms with Gasteiger partial charge in [-0.05, 0) is 25.5 Å². The van der Waals surface area contributed by atoms with Gasteiger partial charge in [0.15, 0.2) is 0 Å². The number of ether oxygens (including phenoxy) is 2. The van der Waals surface area contributed by atoms with Crippen LogP contribution in [-0.4, -0.2) is 30.8 Å². The van der Waals surface area contributed by atoms with E-state index in [4.69, 9.17) is 9.47 Å². The highest BCUT2D eigenvalue weighted by molar-refractivity contribution is 5.34. The smallest absolute Gasteiger partial charge is 0.126 e. The fourth-order valence-corrected chi connectivity index (χ4v) is 1.69. The summed E-state index contributed by atoms with van der Waals surface area (Å²) in [7, 11) is 0. The molecule has 0 amide bonds. The lowest BCUT2D eigenvalue weighted by atomic mass is 10.3. The van der Waals surface area contributed by atoms with Crippen molar-refractivity contribution < 1.29 is 9.47 Å². The van der Waals surface area contributed by atoms with Crippen LogP contribution in [-0.2, 0) is 16.1 Å². The molecule has 0 saturated carbocycles. The Hall–Kier alpha value is -1.13. The van der Waals surface area contributed by atoms with Gasteiger partial charge in [0.2, 0.25) is 0 Å². The van der Waals surface area contributed by atoms with E-state index in [1.54, 1.807) is 0 Å². The number of nitrogens with zero attached hydrogens (tertiary/aromatic N) is 1. The van der Waals surface area contributed by atoms with Crippen LogP contribution in [0.2, 0.25) is 0 Å². The third-order valence-electron chi connectivity index (χ3n) is 2.52. The molecular weight excluding hydrogens is 204 g/mol. The summed E-state index contributed by atoms with van der Waals surface area (Å²) in [6.45, 7) is 5.03. The molecule has 2 rings (SSSR count). The van der Waals surface area contributed by atoms with Crippen LogP contribution in [0.3, 0.4) is 0 Å². The fraction of sp³-hybridized carbons (Fsp3) is 0.583. The molecule has 1 aliphatic heterocycles. The lowest BCUT2D eigenvalue weighted by Crippen LogP contribution is -2.12. The fourth-order valence-electron chi connectivity index (χ4n) is 1.69. The summed E-state index contributed by atoms with van der Waals surface area (Å²) < 4.78 is 11.0. The molecule has 1 saturated heterocycles. The molecule has 0 radical (unpaired) electrons. The molecule has 0 spiro atoms. The van der Waals surface area contributed by atoms with Crippen molar-refractivity contribution in [2.75, 3.05) is 25.1 Å². The number of hydrogen-bond acceptors (Lipinski definition) is 4. The molecular formula is C12H18N2O2. The maximum atomic E-state index is 5.71. The molecule has 0 bridgehead atoms. The summed E-state index contributed by atoms with van der Waals surface area (Å²) in [5, 5.41) is 3.18. The second-order valence-electron chi connectivity index (χ2n) is 3.84. The van der Waals surface area contributed by atoms with Crippen LogP contribution >= 0.6 is 0 Å². The lowest BCUT2D eigenvalue weighted by Gasteiger charge is -2.10. The average molecular weight is 222 g/mol. The van der Waals surface area contributed by atoms with Crippen LogP contribution in [0.1, 0.15) is 19.0 Å². The van der Waals surface area contributed by atoms with Crippen LogP contribution in [0, 0.1) is 0 Å². The van der Waals surface area contributed by atoms with Gasteiger partial charge in [0.1, 0.15) is 5.82 Å². The van der Waals surface area contributed by atoms with Crippen LogP contribution < -0.4 is 5.32 Å². The molecule has 1 aromatic heterocycles. The molecule has 16 heavy (non-hydrogen) atoms. The Bertz CT molecular complexity index is 325. The number of nitrogens with one attached hydrogen (secondary N) is 1. The molecule has 1 N–H and O–H groups in total. The maximum Gasteiger partial charge on any atom is 0.126 e. The lowest BCUT2D eigenvalue weighted by molar-refractivity contribution is 0.0302. The van der Waals surface area contributed by atoms with E-state index < -0.39 is 0 Å². The van der Waals surface area contributed by atoms with E-state index in [0.29, 0.717) is 13.2 Å².